The maximum absolute atomic E-state index is 12.1. The Balaban J connectivity index is 2.22. The lowest BCUT2D eigenvalue weighted by molar-refractivity contribution is -0.139. The number of hydrogen-bond acceptors (Lipinski definition) is 7. The van der Waals surface area contributed by atoms with E-state index in [1.165, 1.54) is 24.3 Å². The number of ether oxygens (including phenoxy) is 2. The van der Waals surface area contributed by atoms with Crippen LogP contribution in [0.3, 0.4) is 0 Å². The first-order valence-electron chi connectivity index (χ1n) is 7.43. The molecule has 2 rings (SSSR count). The molecule has 0 aromatic heterocycles. The molecular weight excluding hydrogens is 334 g/mol. The van der Waals surface area contributed by atoms with Crippen molar-refractivity contribution in [3.05, 3.63) is 29.8 Å². The standard InChI is InChI=1S/C16H21NO6S/c1-15(2,3)23-13(18)11-5-7-12(8-6-11)17-16(24(4,20)21)9-10-22-14(16)19/h5-8,17H,9-10H2,1-4H3. The monoisotopic (exact) mass is 355 g/mol. The summed E-state index contributed by atoms with van der Waals surface area (Å²) in [6.45, 7) is 5.34. The average Bonchev–Trinajstić information content (AvgIpc) is 2.79. The number of carbonyl (C=O) groups excluding carboxylic acids is 2. The van der Waals surface area contributed by atoms with Crippen molar-refractivity contribution in [3.63, 3.8) is 0 Å². The van der Waals surface area contributed by atoms with Gasteiger partial charge in [0.15, 0.2) is 9.84 Å². The molecule has 24 heavy (non-hydrogen) atoms. The Morgan fingerprint density at radius 3 is 2.25 bits per heavy atom. The van der Waals surface area contributed by atoms with Crippen LogP contribution in [0.1, 0.15) is 37.6 Å². The molecule has 7 nitrogen and oxygen atoms in total. The summed E-state index contributed by atoms with van der Waals surface area (Å²) in [5.41, 5.74) is 0.117. The van der Waals surface area contributed by atoms with Crippen LogP contribution in [0.15, 0.2) is 24.3 Å². The van der Waals surface area contributed by atoms with Crippen LogP contribution >= 0.6 is 0 Å². The van der Waals surface area contributed by atoms with E-state index in [1.54, 1.807) is 20.8 Å². The van der Waals surface area contributed by atoms with Crippen LogP contribution in [0.5, 0.6) is 0 Å². The molecule has 0 spiro atoms. The van der Waals surface area contributed by atoms with Gasteiger partial charge in [0.25, 0.3) is 0 Å². The minimum Gasteiger partial charge on any atom is -0.463 e. The van der Waals surface area contributed by atoms with Gasteiger partial charge in [0.05, 0.1) is 12.2 Å². The zero-order valence-electron chi connectivity index (χ0n) is 14.1. The van der Waals surface area contributed by atoms with E-state index >= 15 is 0 Å². The Labute approximate surface area is 141 Å². The molecule has 1 heterocycles. The number of carbonyl (C=O) groups is 2. The molecule has 0 aliphatic carbocycles. The third-order valence-corrected chi connectivity index (χ3v) is 5.25. The summed E-state index contributed by atoms with van der Waals surface area (Å²) in [5, 5.41) is 2.74. The summed E-state index contributed by atoms with van der Waals surface area (Å²) in [5.74, 6) is -1.30. The van der Waals surface area contributed by atoms with E-state index in [-0.39, 0.29) is 13.0 Å². The van der Waals surface area contributed by atoms with E-state index < -0.39 is 32.2 Å². The SMILES string of the molecule is CC(C)(C)OC(=O)c1ccc(NC2(S(C)(=O)=O)CCOC2=O)cc1. The van der Waals surface area contributed by atoms with E-state index in [9.17, 15) is 18.0 Å². The van der Waals surface area contributed by atoms with Gasteiger partial charge < -0.3 is 14.8 Å². The molecule has 1 aromatic rings. The Morgan fingerprint density at radius 1 is 1.25 bits per heavy atom. The highest BCUT2D eigenvalue weighted by atomic mass is 32.2. The number of cyclic esters (lactones) is 1. The van der Waals surface area contributed by atoms with Gasteiger partial charge in [-0.15, -0.1) is 0 Å². The van der Waals surface area contributed by atoms with Crippen LogP contribution in [-0.2, 0) is 24.1 Å². The summed E-state index contributed by atoms with van der Waals surface area (Å²) in [6, 6.07) is 6.06. The molecule has 1 aliphatic heterocycles. The highest BCUT2D eigenvalue weighted by Crippen LogP contribution is 2.30. The summed E-state index contributed by atoms with van der Waals surface area (Å²) in [4.78, 5) is 22.1. The molecule has 1 saturated heterocycles. The van der Waals surface area contributed by atoms with Crippen molar-refractivity contribution in [3.8, 4) is 0 Å². The number of rotatable bonds is 4. The second-order valence-electron chi connectivity index (χ2n) is 6.69. The molecule has 1 unspecified atom stereocenters. The van der Waals surface area contributed by atoms with Crippen LogP contribution < -0.4 is 5.32 Å². The van der Waals surface area contributed by atoms with Gasteiger partial charge in [-0.1, -0.05) is 0 Å². The minimum atomic E-state index is -3.74. The fourth-order valence-corrected chi connectivity index (χ4v) is 3.43. The van der Waals surface area contributed by atoms with Crippen LogP contribution in [0.2, 0.25) is 0 Å². The Kier molecular flexibility index (Phi) is 4.63. The molecule has 1 atom stereocenters. The van der Waals surface area contributed by atoms with Gasteiger partial charge in [-0.3, -0.25) is 0 Å². The van der Waals surface area contributed by atoms with Crippen molar-refractivity contribution >= 4 is 27.5 Å². The van der Waals surface area contributed by atoms with E-state index in [0.29, 0.717) is 11.3 Å². The zero-order chi connectivity index (χ0) is 18.2. The minimum absolute atomic E-state index is 0.0263. The molecule has 1 aromatic carbocycles. The largest absolute Gasteiger partial charge is 0.463 e. The summed E-state index contributed by atoms with van der Waals surface area (Å²) in [7, 11) is -3.74. The summed E-state index contributed by atoms with van der Waals surface area (Å²) < 4.78 is 34.2. The molecule has 0 saturated carbocycles. The summed E-state index contributed by atoms with van der Waals surface area (Å²) >= 11 is 0. The van der Waals surface area contributed by atoms with Crippen LogP contribution in [0.4, 0.5) is 5.69 Å². The van der Waals surface area contributed by atoms with Gasteiger partial charge >= 0.3 is 11.9 Å². The number of hydrogen-bond donors (Lipinski definition) is 1. The number of nitrogens with one attached hydrogen (secondary N) is 1. The third-order valence-electron chi connectivity index (χ3n) is 3.52. The van der Waals surface area contributed by atoms with E-state index in [2.05, 4.69) is 5.32 Å². The highest BCUT2D eigenvalue weighted by molar-refractivity contribution is 7.93. The second kappa shape index (κ2) is 6.08. The van der Waals surface area contributed by atoms with Gasteiger partial charge in [0, 0.05) is 18.4 Å². The molecule has 0 amide bonds. The first kappa shape index (κ1) is 18.3. The molecule has 1 aliphatic rings. The second-order valence-corrected chi connectivity index (χ2v) is 8.93. The van der Waals surface area contributed by atoms with Crippen molar-refractivity contribution in [2.24, 2.45) is 0 Å². The predicted molar refractivity (Wildman–Crippen MR) is 88.4 cm³/mol. The average molecular weight is 355 g/mol. The van der Waals surface area contributed by atoms with Crippen LogP contribution in [-0.4, -0.2) is 43.7 Å². The number of sulfone groups is 1. The van der Waals surface area contributed by atoms with Crippen LogP contribution in [0.25, 0.3) is 0 Å². The van der Waals surface area contributed by atoms with Gasteiger partial charge in [-0.25, -0.2) is 18.0 Å². The first-order chi connectivity index (χ1) is 10.9. The van der Waals surface area contributed by atoms with Gasteiger partial charge in [0.1, 0.15) is 5.60 Å². The van der Waals surface area contributed by atoms with Crippen molar-refractivity contribution in [2.45, 2.75) is 37.7 Å². The van der Waals surface area contributed by atoms with Gasteiger partial charge in [-0.2, -0.15) is 0 Å². The fraction of sp³-hybridized carbons (Fsp3) is 0.500. The summed E-state index contributed by atoms with van der Waals surface area (Å²) in [6.07, 6.45) is 1.01. The lowest BCUT2D eigenvalue weighted by Gasteiger charge is -2.25. The number of esters is 2. The van der Waals surface area contributed by atoms with Gasteiger partial charge in [0.2, 0.25) is 4.87 Å². The van der Waals surface area contributed by atoms with E-state index in [0.717, 1.165) is 6.26 Å². The highest BCUT2D eigenvalue weighted by Gasteiger charge is 2.53. The topological polar surface area (TPSA) is 98.8 Å². The quantitative estimate of drug-likeness (QED) is 0.821. The Bertz CT molecular complexity index is 748. The Hall–Kier alpha value is -2.09. The Morgan fingerprint density at radius 2 is 1.83 bits per heavy atom. The molecule has 1 N–H and O–H groups in total. The molecule has 1 fully saturated rings. The zero-order valence-corrected chi connectivity index (χ0v) is 14.9. The van der Waals surface area contributed by atoms with Crippen molar-refractivity contribution in [2.75, 3.05) is 18.2 Å². The van der Waals surface area contributed by atoms with Crippen molar-refractivity contribution in [1.82, 2.24) is 0 Å². The third kappa shape index (κ3) is 3.69. The lowest BCUT2D eigenvalue weighted by Crippen LogP contribution is -2.49. The smallest absolute Gasteiger partial charge is 0.347 e. The molecule has 0 radical (unpaired) electrons. The number of anilines is 1. The van der Waals surface area contributed by atoms with Crippen molar-refractivity contribution in [1.29, 1.82) is 0 Å². The molecule has 0 bridgehead atoms. The predicted octanol–water partition coefficient (Wildman–Crippen LogP) is 1.74. The van der Waals surface area contributed by atoms with E-state index in [4.69, 9.17) is 9.47 Å². The van der Waals surface area contributed by atoms with Gasteiger partial charge in [-0.05, 0) is 45.0 Å². The fourth-order valence-electron chi connectivity index (χ4n) is 2.31. The lowest BCUT2D eigenvalue weighted by atomic mass is 10.1. The maximum atomic E-state index is 12.1. The maximum Gasteiger partial charge on any atom is 0.347 e. The first-order valence-corrected chi connectivity index (χ1v) is 9.32. The van der Waals surface area contributed by atoms with E-state index in [1.807, 2.05) is 0 Å². The van der Waals surface area contributed by atoms with Crippen molar-refractivity contribution < 1.29 is 27.5 Å². The molecule has 8 heteroatoms. The van der Waals surface area contributed by atoms with Crippen LogP contribution in [0, 0.1) is 0 Å². The number of benzene rings is 1. The normalized spacial score (nSPS) is 21.2. The molecule has 132 valence electrons. The molecular formula is C16H21NO6S.